The second kappa shape index (κ2) is 4.89. The van der Waals surface area contributed by atoms with E-state index in [2.05, 4.69) is 9.97 Å². The van der Waals surface area contributed by atoms with E-state index in [0.717, 1.165) is 5.56 Å². The van der Waals surface area contributed by atoms with Crippen LogP contribution in [-0.2, 0) is 6.61 Å². The number of hydrogen-bond donors (Lipinski definition) is 1. The van der Waals surface area contributed by atoms with Gasteiger partial charge in [-0.1, -0.05) is 6.07 Å². The standard InChI is InChI=1S/C12H11N3O3/c1-8-2-3-10(15(17)18)6-11(8)12-13-5-4-9(7-16)14-12/h2-6,16H,7H2,1H3. The van der Waals surface area contributed by atoms with Crippen molar-refractivity contribution in [3.63, 3.8) is 0 Å². The maximum Gasteiger partial charge on any atom is 0.270 e. The van der Waals surface area contributed by atoms with Gasteiger partial charge in [0.1, 0.15) is 0 Å². The summed E-state index contributed by atoms with van der Waals surface area (Å²) in [6, 6.07) is 6.12. The van der Waals surface area contributed by atoms with Crippen LogP contribution >= 0.6 is 0 Å². The molecule has 1 heterocycles. The molecule has 0 fully saturated rings. The molecule has 1 aromatic carbocycles. The SMILES string of the molecule is Cc1ccc([N+](=O)[O-])cc1-c1nccc(CO)n1. The molecule has 2 aromatic rings. The molecule has 6 heteroatoms. The molecule has 0 atom stereocenters. The van der Waals surface area contributed by atoms with Crippen molar-refractivity contribution in [2.24, 2.45) is 0 Å². The lowest BCUT2D eigenvalue weighted by atomic mass is 10.1. The fourth-order valence-electron chi connectivity index (χ4n) is 1.58. The van der Waals surface area contributed by atoms with Crippen molar-refractivity contribution in [1.82, 2.24) is 9.97 Å². The molecule has 0 unspecified atom stereocenters. The molecule has 0 spiro atoms. The molecule has 0 bridgehead atoms. The molecular weight excluding hydrogens is 234 g/mol. The van der Waals surface area contributed by atoms with Gasteiger partial charge in [0.15, 0.2) is 5.82 Å². The van der Waals surface area contributed by atoms with E-state index < -0.39 is 4.92 Å². The summed E-state index contributed by atoms with van der Waals surface area (Å²) in [4.78, 5) is 18.5. The normalized spacial score (nSPS) is 10.3. The zero-order valence-electron chi connectivity index (χ0n) is 9.70. The third-order valence-corrected chi connectivity index (χ3v) is 2.55. The smallest absolute Gasteiger partial charge is 0.270 e. The monoisotopic (exact) mass is 245 g/mol. The van der Waals surface area contributed by atoms with Gasteiger partial charge in [-0.3, -0.25) is 10.1 Å². The van der Waals surface area contributed by atoms with Crippen LogP contribution in [0.5, 0.6) is 0 Å². The number of nitro benzene ring substituents is 1. The van der Waals surface area contributed by atoms with E-state index in [9.17, 15) is 10.1 Å². The zero-order chi connectivity index (χ0) is 13.1. The van der Waals surface area contributed by atoms with Gasteiger partial charge in [0.2, 0.25) is 0 Å². The maximum absolute atomic E-state index is 10.7. The van der Waals surface area contributed by atoms with Gasteiger partial charge in [0.05, 0.1) is 17.2 Å². The Hall–Kier alpha value is -2.34. The van der Waals surface area contributed by atoms with Crippen molar-refractivity contribution in [3.8, 4) is 11.4 Å². The average molecular weight is 245 g/mol. The quantitative estimate of drug-likeness (QED) is 0.658. The van der Waals surface area contributed by atoms with E-state index in [4.69, 9.17) is 5.11 Å². The molecular formula is C12H11N3O3. The van der Waals surface area contributed by atoms with E-state index in [0.29, 0.717) is 17.1 Å². The summed E-state index contributed by atoms with van der Waals surface area (Å²) in [7, 11) is 0. The summed E-state index contributed by atoms with van der Waals surface area (Å²) in [5.74, 6) is 0.378. The van der Waals surface area contributed by atoms with Crippen molar-refractivity contribution in [3.05, 3.63) is 51.8 Å². The van der Waals surface area contributed by atoms with Gasteiger partial charge in [0, 0.05) is 23.9 Å². The van der Waals surface area contributed by atoms with Crippen molar-refractivity contribution < 1.29 is 10.0 Å². The van der Waals surface area contributed by atoms with Crippen molar-refractivity contribution >= 4 is 5.69 Å². The van der Waals surface area contributed by atoms with Gasteiger partial charge < -0.3 is 5.11 Å². The number of aryl methyl sites for hydroxylation is 1. The van der Waals surface area contributed by atoms with Crippen LogP contribution < -0.4 is 0 Å². The minimum Gasteiger partial charge on any atom is -0.390 e. The Balaban J connectivity index is 2.54. The Morgan fingerprint density at radius 1 is 1.39 bits per heavy atom. The molecule has 6 nitrogen and oxygen atoms in total. The number of rotatable bonds is 3. The van der Waals surface area contributed by atoms with Gasteiger partial charge in [-0.2, -0.15) is 0 Å². The summed E-state index contributed by atoms with van der Waals surface area (Å²) in [5.41, 5.74) is 1.91. The summed E-state index contributed by atoms with van der Waals surface area (Å²) in [6.45, 7) is 1.64. The average Bonchev–Trinajstić information content (AvgIpc) is 2.39. The van der Waals surface area contributed by atoms with Crippen LogP contribution in [0.4, 0.5) is 5.69 Å². The second-order valence-corrected chi connectivity index (χ2v) is 3.79. The van der Waals surface area contributed by atoms with Gasteiger partial charge in [-0.05, 0) is 18.6 Å². The Morgan fingerprint density at radius 3 is 2.83 bits per heavy atom. The number of benzene rings is 1. The first-order valence-electron chi connectivity index (χ1n) is 5.30. The van der Waals surface area contributed by atoms with E-state index in [1.807, 2.05) is 6.92 Å². The number of aliphatic hydroxyl groups excluding tert-OH is 1. The molecule has 0 saturated carbocycles. The van der Waals surface area contributed by atoms with Crippen LogP contribution in [0, 0.1) is 17.0 Å². The summed E-state index contributed by atoms with van der Waals surface area (Å²) in [5, 5.41) is 19.8. The molecule has 0 aliphatic rings. The second-order valence-electron chi connectivity index (χ2n) is 3.79. The van der Waals surface area contributed by atoms with Crippen LogP contribution in [0.15, 0.2) is 30.5 Å². The Morgan fingerprint density at radius 2 is 2.17 bits per heavy atom. The largest absolute Gasteiger partial charge is 0.390 e. The highest BCUT2D eigenvalue weighted by Gasteiger charge is 2.12. The maximum atomic E-state index is 10.7. The fraction of sp³-hybridized carbons (Fsp3) is 0.167. The van der Waals surface area contributed by atoms with Gasteiger partial charge in [-0.15, -0.1) is 0 Å². The number of aliphatic hydroxyl groups is 1. The van der Waals surface area contributed by atoms with Crippen molar-refractivity contribution in [1.29, 1.82) is 0 Å². The number of nitrogens with zero attached hydrogens (tertiary/aromatic N) is 3. The molecule has 18 heavy (non-hydrogen) atoms. The van der Waals surface area contributed by atoms with Gasteiger partial charge >= 0.3 is 0 Å². The van der Waals surface area contributed by atoms with Crippen LogP contribution in [0.1, 0.15) is 11.3 Å². The van der Waals surface area contributed by atoms with Crippen LogP contribution in [-0.4, -0.2) is 20.0 Å². The summed E-state index contributed by atoms with van der Waals surface area (Å²) < 4.78 is 0. The van der Waals surface area contributed by atoms with E-state index >= 15 is 0 Å². The first-order valence-corrected chi connectivity index (χ1v) is 5.30. The lowest BCUT2D eigenvalue weighted by molar-refractivity contribution is -0.384. The predicted octanol–water partition coefficient (Wildman–Crippen LogP) is 1.85. The number of nitro groups is 1. The summed E-state index contributed by atoms with van der Waals surface area (Å²) >= 11 is 0. The molecule has 0 radical (unpaired) electrons. The molecule has 0 aliphatic heterocycles. The number of hydrogen-bond acceptors (Lipinski definition) is 5. The van der Waals surface area contributed by atoms with Gasteiger partial charge in [-0.25, -0.2) is 9.97 Å². The summed E-state index contributed by atoms with van der Waals surface area (Å²) in [6.07, 6.45) is 1.52. The molecule has 0 aliphatic carbocycles. The van der Waals surface area contributed by atoms with Crippen molar-refractivity contribution in [2.75, 3.05) is 0 Å². The first-order chi connectivity index (χ1) is 8.61. The van der Waals surface area contributed by atoms with Crippen molar-refractivity contribution in [2.45, 2.75) is 13.5 Å². The topological polar surface area (TPSA) is 89.2 Å². The minimum atomic E-state index is -0.459. The van der Waals surface area contributed by atoms with Crippen LogP contribution in [0.25, 0.3) is 11.4 Å². The Labute approximate surface area is 103 Å². The highest BCUT2D eigenvalue weighted by Crippen LogP contribution is 2.24. The Bertz CT molecular complexity index is 599. The molecule has 2 rings (SSSR count). The molecule has 0 saturated heterocycles. The molecule has 0 amide bonds. The predicted molar refractivity (Wildman–Crippen MR) is 64.8 cm³/mol. The number of non-ortho nitro benzene ring substituents is 1. The van der Waals surface area contributed by atoms with E-state index in [1.54, 1.807) is 12.1 Å². The van der Waals surface area contributed by atoms with E-state index in [1.165, 1.54) is 18.3 Å². The lowest BCUT2D eigenvalue weighted by Gasteiger charge is -2.05. The molecule has 92 valence electrons. The third kappa shape index (κ3) is 2.33. The van der Waals surface area contributed by atoms with Gasteiger partial charge in [0.25, 0.3) is 5.69 Å². The van der Waals surface area contributed by atoms with Crippen LogP contribution in [0.2, 0.25) is 0 Å². The highest BCUT2D eigenvalue weighted by molar-refractivity contribution is 5.63. The zero-order valence-corrected chi connectivity index (χ0v) is 9.70. The highest BCUT2D eigenvalue weighted by atomic mass is 16.6. The molecule has 1 aromatic heterocycles. The number of aromatic nitrogens is 2. The van der Waals surface area contributed by atoms with Crippen LogP contribution in [0.3, 0.4) is 0 Å². The Kier molecular flexibility index (Phi) is 3.29. The van der Waals surface area contributed by atoms with E-state index in [-0.39, 0.29) is 12.3 Å². The lowest BCUT2D eigenvalue weighted by Crippen LogP contribution is -1.97. The fourth-order valence-corrected chi connectivity index (χ4v) is 1.58. The minimum absolute atomic E-state index is 0.00592. The first kappa shape index (κ1) is 12.1. The molecule has 1 N–H and O–H groups in total. The third-order valence-electron chi connectivity index (χ3n) is 2.55.